The van der Waals surface area contributed by atoms with Crippen LogP contribution in [0.15, 0.2) is 24.3 Å². The number of hydrogen-bond acceptors (Lipinski definition) is 4. The van der Waals surface area contributed by atoms with Crippen LogP contribution in [0, 0.1) is 0 Å². The highest BCUT2D eigenvalue weighted by Crippen LogP contribution is 2.18. The molecule has 1 aromatic carbocycles. The number of ether oxygens (including phenoxy) is 1. The number of esters is 1. The summed E-state index contributed by atoms with van der Waals surface area (Å²) in [5.74, 6) is -0.367. The Bertz CT molecular complexity index is 530. The lowest BCUT2D eigenvalue weighted by atomic mass is 9.93. The molecule has 126 valence electrons. The first kappa shape index (κ1) is 17.3. The zero-order valence-corrected chi connectivity index (χ0v) is 13.4. The molecule has 1 saturated carbocycles. The Balaban J connectivity index is 1.85. The van der Waals surface area contributed by atoms with E-state index in [1.807, 2.05) is 6.92 Å². The predicted molar refractivity (Wildman–Crippen MR) is 87.4 cm³/mol. The Kier molecular flexibility index (Phi) is 6.40. The Labute approximate surface area is 136 Å². The van der Waals surface area contributed by atoms with Gasteiger partial charge in [-0.15, -0.1) is 0 Å². The molecule has 3 N–H and O–H groups in total. The van der Waals surface area contributed by atoms with E-state index in [2.05, 4.69) is 10.6 Å². The van der Waals surface area contributed by atoms with Crippen LogP contribution in [0.1, 0.15) is 49.4 Å². The molecule has 6 heteroatoms. The van der Waals surface area contributed by atoms with Gasteiger partial charge in [-0.25, -0.2) is 9.59 Å². The van der Waals surface area contributed by atoms with E-state index >= 15 is 0 Å². The number of anilines is 1. The normalized spacial score (nSPS) is 20.6. The van der Waals surface area contributed by atoms with Gasteiger partial charge in [-0.2, -0.15) is 0 Å². The van der Waals surface area contributed by atoms with Crippen LogP contribution in [0.5, 0.6) is 0 Å². The Morgan fingerprint density at radius 1 is 1.22 bits per heavy atom. The van der Waals surface area contributed by atoms with Gasteiger partial charge in [-0.3, -0.25) is 0 Å². The minimum Gasteiger partial charge on any atom is -0.462 e. The quantitative estimate of drug-likeness (QED) is 0.728. The highest BCUT2D eigenvalue weighted by atomic mass is 16.5. The van der Waals surface area contributed by atoms with Gasteiger partial charge >= 0.3 is 12.0 Å². The van der Waals surface area contributed by atoms with Gasteiger partial charge in [-0.05, 0) is 43.5 Å². The topological polar surface area (TPSA) is 87.7 Å². The van der Waals surface area contributed by atoms with E-state index in [0.717, 1.165) is 32.1 Å². The van der Waals surface area contributed by atoms with Crippen molar-refractivity contribution in [3.8, 4) is 0 Å². The van der Waals surface area contributed by atoms with Gasteiger partial charge in [0, 0.05) is 5.69 Å². The first-order valence-electron chi connectivity index (χ1n) is 8.13. The molecule has 1 fully saturated rings. The maximum absolute atomic E-state index is 12.0. The molecule has 6 nitrogen and oxygen atoms in total. The van der Waals surface area contributed by atoms with E-state index in [0.29, 0.717) is 17.9 Å². The van der Waals surface area contributed by atoms with Crippen molar-refractivity contribution in [1.82, 2.24) is 5.32 Å². The SMILES string of the molecule is CCCOC(=O)c1ccc(NC(=O)NC2CCCCC2O)cc1. The summed E-state index contributed by atoms with van der Waals surface area (Å²) >= 11 is 0. The lowest BCUT2D eigenvalue weighted by Gasteiger charge is -2.28. The summed E-state index contributed by atoms with van der Waals surface area (Å²) in [5, 5.41) is 15.4. The number of aliphatic hydroxyl groups excluding tert-OH is 1. The van der Waals surface area contributed by atoms with E-state index < -0.39 is 6.10 Å². The number of hydrogen-bond donors (Lipinski definition) is 3. The van der Waals surface area contributed by atoms with Gasteiger partial charge in [0.05, 0.1) is 24.3 Å². The second-order valence-electron chi connectivity index (χ2n) is 5.77. The molecule has 23 heavy (non-hydrogen) atoms. The summed E-state index contributed by atoms with van der Waals surface area (Å²) < 4.78 is 5.04. The third kappa shape index (κ3) is 5.25. The summed E-state index contributed by atoms with van der Waals surface area (Å²) in [6.45, 7) is 2.33. The van der Waals surface area contributed by atoms with Crippen LogP contribution in [-0.4, -0.2) is 35.9 Å². The zero-order valence-electron chi connectivity index (χ0n) is 13.4. The maximum Gasteiger partial charge on any atom is 0.338 e. The summed E-state index contributed by atoms with van der Waals surface area (Å²) in [7, 11) is 0. The average molecular weight is 320 g/mol. The van der Waals surface area contributed by atoms with Crippen molar-refractivity contribution < 1.29 is 19.4 Å². The first-order chi connectivity index (χ1) is 11.1. The molecule has 1 aliphatic carbocycles. The van der Waals surface area contributed by atoms with Crippen molar-refractivity contribution in [3.05, 3.63) is 29.8 Å². The van der Waals surface area contributed by atoms with Gasteiger partial charge in [0.1, 0.15) is 0 Å². The van der Waals surface area contributed by atoms with Crippen molar-refractivity contribution in [2.45, 2.75) is 51.2 Å². The molecule has 1 aliphatic rings. The van der Waals surface area contributed by atoms with Crippen LogP contribution in [-0.2, 0) is 4.74 Å². The number of nitrogens with one attached hydrogen (secondary N) is 2. The Morgan fingerprint density at radius 2 is 1.91 bits per heavy atom. The number of benzene rings is 1. The molecular weight excluding hydrogens is 296 g/mol. The fourth-order valence-corrected chi connectivity index (χ4v) is 2.58. The van der Waals surface area contributed by atoms with Crippen LogP contribution < -0.4 is 10.6 Å². The van der Waals surface area contributed by atoms with Crippen molar-refractivity contribution >= 4 is 17.7 Å². The van der Waals surface area contributed by atoms with Gasteiger partial charge in [0.2, 0.25) is 0 Å². The smallest absolute Gasteiger partial charge is 0.338 e. The summed E-state index contributed by atoms with van der Waals surface area (Å²) in [6, 6.07) is 5.98. The molecule has 1 aromatic rings. The number of amides is 2. The average Bonchev–Trinajstić information content (AvgIpc) is 2.55. The second-order valence-corrected chi connectivity index (χ2v) is 5.77. The Hall–Kier alpha value is -2.08. The monoisotopic (exact) mass is 320 g/mol. The van der Waals surface area contributed by atoms with Gasteiger partial charge in [0.25, 0.3) is 0 Å². The molecule has 2 unspecified atom stereocenters. The van der Waals surface area contributed by atoms with E-state index in [4.69, 9.17) is 4.74 Å². The molecular formula is C17H24N2O4. The maximum atomic E-state index is 12.0. The minimum absolute atomic E-state index is 0.202. The minimum atomic E-state index is -0.481. The van der Waals surface area contributed by atoms with Crippen molar-refractivity contribution in [2.24, 2.45) is 0 Å². The highest BCUT2D eigenvalue weighted by Gasteiger charge is 2.24. The third-order valence-corrected chi connectivity index (χ3v) is 3.86. The molecule has 0 aliphatic heterocycles. The number of rotatable bonds is 5. The fourth-order valence-electron chi connectivity index (χ4n) is 2.58. The number of carbonyl (C=O) groups is 2. The standard InChI is InChI=1S/C17H24N2O4/c1-2-11-23-16(21)12-7-9-13(10-8-12)18-17(22)19-14-5-3-4-6-15(14)20/h7-10,14-15,20H,2-6,11H2,1H3,(H2,18,19,22). The summed E-state index contributed by atoms with van der Waals surface area (Å²) in [6.07, 6.45) is 3.81. The molecule has 0 bridgehead atoms. The number of aliphatic hydroxyl groups is 1. The summed E-state index contributed by atoms with van der Waals surface area (Å²) in [4.78, 5) is 23.6. The number of carbonyl (C=O) groups excluding carboxylic acids is 2. The van der Waals surface area contributed by atoms with Gasteiger partial charge in [0.15, 0.2) is 0 Å². The lowest BCUT2D eigenvalue weighted by Crippen LogP contribution is -2.46. The lowest BCUT2D eigenvalue weighted by molar-refractivity contribution is 0.0505. The van der Waals surface area contributed by atoms with E-state index in [1.54, 1.807) is 24.3 Å². The van der Waals surface area contributed by atoms with E-state index in [1.165, 1.54) is 0 Å². The highest BCUT2D eigenvalue weighted by molar-refractivity contribution is 5.92. The van der Waals surface area contributed by atoms with Gasteiger partial charge < -0.3 is 20.5 Å². The Morgan fingerprint density at radius 3 is 2.57 bits per heavy atom. The van der Waals surface area contributed by atoms with Crippen LogP contribution in [0.3, 0.4) is 0 Å². The molecule has 0 saturated heterocycles. The molecule has 0 aromatic heterocycles. The van der Waals surface area contributed by atoms with Crippen molar-refractivity contribution in [3.63, 3.8) is 0 Å². The molecule has 2 atom stereocenters. The van der Waals surface area contributed by atoms with Crippen molar-refractivity contribution in [1.29, 1.82) is 0 Å². The predicted octanol–water partition coefficient (Wildman–Crippen LogP) is 2.68. The second kappa shape index (κ2) is 8.53. The molecule has 0 spiro atoms. The van der Waals surface area contributed by atoms with Crippen molar-refractivity contribution in [2.75, 3.05) is 11.9 Å². The van der Waals surface area contributed by atoms with Crippen LogP contribution in [0.25, 0.3) is 0 Å². The van der Waals surface area contributed by atoms with Crippen LogP contribution in [0.4, 0.5) is 10.5 Å². The van der Waals surface area contributed by atoms with E-state index in [9.17, 15) is 14.7 Å². The molecule has 0 radical (unpaired) electrons. The molecule has 0 heterocycles. The summed E-state index contributed by atoms with van der Waals surface area (Å²) in [5.41, 5.74) is 1.03. The van der Waals surface area contributed by atoms with Crippen LogP contribution >= 0.6 is 0 Å². The van der Waals surface area contributed by atoms with Gasteiger partial charge in [-0.1, -0.05) is 19.8 Å². The largest absolute Gasteiger partial charge is 0.462 e. The molecule has 2 rings (SSSR count). The zero-order chi connectivity index (χ0) is 16.7. The third-order valence-electron chi connectivity index (χ3n) is 3.86. The first-order valence-corrected chi connectivity index (χ1v) is 8.13. The van der Waals surface area contributed by atoms with E-state index in [-0.39, 0.29) is 18.0 Å². The fraction of sp³-hybridized carbons (Fsp3) is 0.529. The number of urea groups is 1. The van der Waals surface area contributed by atoms with Crippen LogP contribution in [0.2, 0.25) is 0 Å². The molecule has 2 amide bonds.